The summed E-state index contributed by atoms with van der Waals surface area (Å²) in [5, 5.41) is 9.48. The number of aliphatic hydroxyl groups is 1. The minimum Gasteiger partial charge on any atom is -0.396 e. The third kappa shape index (κ3) is 2.56. The highest BCUT2D eigenvalue weighted by Gasteiger charge is 2.33. The van der Waals surface area contributed by atoms with Crippen LogP contribution in [0.5, 0.6) is 0 Å². The van der Waals surface area contributed by atoms with Gasteiger partial charge in [-0.2, -0.15) is 0 Å². The van der Waals surface area contributed by atoms with Gasteiger partial charge >= 0.3 is 0 Å². The third-order valence-corrected chi connectivity index (χ3v) is 4.22. The number of aliphatic hydroxyl groups excluding tert-OH is 1. The quantitative estimate of drug-likeness (QED) is 0.890. The van der Waals surface area contributed by atoms with Gasteiger partial charge in [-0.1, -0.05) is 25.1 Å². The number of benzene rings is 1. The molecule has 0 radical (unpaired) electrons. The molecule has 1 aliphatic heterocycles. The van der Waals surface area contributed by atoms with Crippen LogP contribution in [0.25, 0.3) is 0 Å². The minimum atomic E-state index is 0.0352. The third-order valence-electron chi connectivity index (χ3n) is 4.22. The van der Waals surface area contributed by atoms with Crippen LogP contribution in [0, 0.1) is 5.41 Å². The Morgan fingerprint density at radius 2 is 1.89 bits per heavy atom. The zero-order valence-corrected chi connectivity index (χ0v) is 10.9. The van der Waals surface area contributed by atoms with Gasteiger partial charge in [0, 0.05) is 25.3 Å². The number of carbonyl (C=O) groups is 1. The zero-order valence-electron chi connectivity index (χ0n) is 10.9. The van der Waals surface area contributed by atoms with Gasteiger partial charge in [0.2, 0.25) is 0 Å². The van der Waals surface area contributed by atoms with Crippen molar-refractivity contribution in [3.63, 3.8) is 0 Å². The van der Waals surface area contributed by atoms with Crippen LogP contribution < -0.4 is 0 Å². The van der Waals surface area contributed by atoms with E-state index in [0.29, 0.717) is 0 Å². The average molecular weight is 247 g/mol. The molecule has 1 heterocycles. The van der Waals surface area contributed by atoms with Crippen LogP contribution in [0.2, 0.25) is 0 Å². The molecule has 1 aromatic carbocycles. The van der Waals surface area contributed by atoms with E-state index in [1.165, 1.54) is 0 Å². The van der Waals surface area contributed by atoms with Crippen molar-refractivity contribution in [2.24, 2.45) is 5.41 Å². The molecule has 0 unspecified atom stereocenters. The maximum atomic E-state index is 12.3. The molecule has 1 aromatic rings. The molecule has 1 saturated heterocycles. The van der Waals surface area contributed by atoms with Gasteiger partial charge in [0.25, 0.3) is 5.91 Å². The second-order valence-corrected chi connectivity index (χ2v) is 5.17. The lowest BCUT2D eigenvalue weighted by Crippen LogP contribution is -2.44. The molecular formula is C15H21NO2. The second kappa shape index (κ2) is 5.53. The van der Waals surface area contributed by atoms with E-state index < -0.39 is 0 Å². The maximum Gasteiger partial charge on any atom is 0.253 e. The van der Waals surface area contributed by atoms with Crippen LogP contribution in [-0.4, -0.2) is 35.6 Å². The van der Waals surface area contributed by atoms with Gasteiger partial charge in [-0.05, 0) is 36.8 Å². The Morgan fingerprint density at radius 1 is 1.28 bits per heavy atom. The first-order valence-electron chi connectivity index (χ1n) is 6.66. The smallest absolute Gasteiger partial charge is 0.253 e. The summed E-state index contributed by atoms with van der Waals surface area (Å²) in [5.41, 5.74) is 0.790. The number of rotatable bonds is 3. The van der Waals surface area contributed by atoms with Crippen molar-refractivity contribution in [2.45, 2.75) is 26.2 Å². The summed E-state index contributed by atoms with van der Waals surface area (Å²) in [6, 6.07) is 9.41. The van der Waals surface area contributed by atoms with E-state index in [2.05, 4.69) is 6.92 Å². The van der Waals surface area contributed by atoms with Crippen LogP contribution in [0.4, 0.5) is 0 Å². The molecule has 2 rings (SSSR count). The van der Waals surface area contributed by atoms with Gasteiger partial charge in [-0.15, -0.1) is 0 Å². The topological polar surface area (TPSA) is 40.5 Å². The first kappa shape index (κ1) is 13.1. The Bertz CT molecular complexity index is 388. The molecule has 0 atom stereocenters. The molecule has 1 N–H and O–H groups in total. The van der Waals surface area contributed by atoms with E-state index in [9.17, 15) is 9.90 Å². The average Bonchev–Trinajstić information content (AvgIpc) is 2.47. The summed E-state index contributed by atoms with van der Waals surface area (Å²) in [4.78, 5) is 14.2. The van der Waals surface area contributed by atoms with E-state index in [4.69, 9.17) is 0 Å². The Morgan fingerprint density at radius 3 is 2.39 bits per heavy atom. The standard InChI is InChI=1S/C15H21NO2/c1-2-15(12-17)8-10-16(11-9-15)14(18)13-6-4-3-5-7-13/h3-7,17H,2,8-12H2,1H3. The number of hydrogen-bond donors (Lipinski definition) is 1. The molecule has 0 bridgehead atoms. The first-order chi connectivity index (χ1) is 8.71. The van der Waals surface area contributed by atoms with Crippen LogP contribution in [-0.2, 0) is 0 Å². The number of piperidine rings is 1. The summed E-state index contributed by atoms with van der Waals surface area (Å²) in [6.07, 6.45) is 2.79. The fraction of sp³-hybridized carbons (Fsp3) is 0.533. The van der Waals surface area contributed by atoms with Gasteiger partial charge in [0.15, 0.2) is 0 Å². The Balaban J connectivity index is 2.00. The van der Waals surface area contributed by atoms with Crippen molar-refractivity contribution < 1.29 is 9.90 Å². The van der Waals surface area contributed by atoms with Crippen molar-refractivity contribution in [1.29, 1.82) is 0 Å². The lowest BCUT2D eigenvalue weighted by molar-refractivity contribution is 0.0338. The van der Waals surface area contributed by atoms with E-state index in [1.807, 2.05) is 35.2 Å². The Labute approximate surface area is 108 Å². The molecule has 1 fully saturated rings. The molecule has 0 aromatic heterocycles. The number of nitrogens with zero attached hydrogens (tertiary/aromatic N) is 1. The molecule has 0 saturated carbocycles. The number of amides is 1. The number of hydrogen-bond acceptors (Lipinski definition) is 2. The van der Waals surface area contributed by atoms with Crippen molar-refractivity contribution in [3.05, 3.63) is 35.9 Å². The highest BCUT2D eigenvalue weighted by Crippen LogP contribution is 2.34. The molecule has 3 nitrogen and oxygen atoms in total. The van der Waals surface area contributed by atoms with E-state index in [0.717, 1.165) is 37.9 Å². The highest BCUT2D eigenvalue weighted by atomic mass is 16.3. The largest absolute Gasteiger partial charge is 0.396 e. The molecular weight excluding hydrogens is 226 g/mol. The molecule has 0 spiro atoms. The predicted molar refractivity (Wildman–Crippen MR) is 71.4 cm³/mol. The predicted octanol–water partition coefficient (Wildman–Crippen LogP) is 2.31. The van der Waals surface area contributed by atoms with E-state index in [-0.39, 0.29) is 17.9 Å². The van der Waals surface area contributed by atoms with Gasteiger partial charge < -0.3 is 10.0 Å². The molecule has 18 heavy (non-hydrogen) atoms. The van der Waals surface area contributed by atoms with Gasteiger partial charge in [-0.25, -0.2) is 0 Å². The number of likely N-dealkylation sites (tertiary alicyclic amines) is 1. The van der Waals surface area contributed by atoms with E-state index in [1.54, 1.807) is 0 Å². The first-order valence-corrected chi connectivity index (χ1v) is 6.66. The highest BCUT2D eigenvalue weighted by molar-refractivity contribution is 5.94. The lowest BCUT2D eigenvalue weighted by Gasteiger charge is -2.40. The molecule has 1 amide bonds. The van der Waals surface area contributed by atoms with Gasteiger partial charge in [0.05, 0.1) is 0 Å². The molecule has 3 heteroatoms. The number of carbonyl (C=O) groups excluding carboxylic acids is 1. The van der Waals surface area contributed by atoms with Crippen molar-refractivity contribution >= 4 is 5.91 Å². The monoisotopic (exact) mass is 247 g/mol. The summed E-state index contributed by atoms with van der Waals surface area (Å²) >= 11 is 0. The zero-order chi connectivity index (χ0) is 13.0. The van der Waals surface area contributed by atoms with Crippen molar-refractivity contribution in [1.82, 2.24) is 4.90 Å². The molecule has 0 aliphatic carbocycles. The Kier molecular flexibility index (Phi) is 4.02. The summed E-state index contributed by atoms with van der Waals surface area (Å²) in [5.74, 6) is 0.109. The SMILES string of the molecule is CCC1(CO)CCN(C(=O)c2ccccc2)CC1. The summed E-state index contributed by atoms with van der Waals surface area (Å²) in [6.45, 7) is 3.85. The van der Waals surface area contributed by atoms with Crippen LogP contribution >= 0.6 is 0 Å². The van der Waals surface area contributed by atoms with Gasteiger partial charge in [-0.3, -0.25) is 4.79 Å². The fourth-order valence-electron chi connectivity index (χ4n) is 2.57. The summed E-state index contributed by atoms with van der Waals surface area (Å²) < 4.78 is 0. The molecule has 98 valence electrons. The van der Waals surface area contributed by atoms with Crippen molar-refractivity contribution in [3.8, 4) is 0 Å². The normalized spacial score (nSPS) is 18.7. The lowest BCUT2D eigenvalue weighted by atomic mass is 9.77. The van der Waals surface area contributed by atoms with Gasteiger partial charge in [0.1, 0.15) is 0 Å². The van der Waals surface area contributed by atoms with Crippen LogP contribution in [0.15, 0.2) is 30.3 Å². The van der Waals surface area contributed by atoms with Crippen LogP contribution in [0.3, 0.4) is 0 Å². The maximum absolute atomic E-state index is 12.3. The summed E-state index contributed by atoms with van der Waals surface area (Å²) in [7, 11) is 0. The van der Waals surface area contributed by atoms with Crippen molar-refractivity contribution in [2.75, 3.05) is 19.7 Å². The fourth-order valence-corrected chi connectivity index (χ4v) is 2.57. The minimum absolute atomic E-state index is 0.0352. The second-order valence-electron chi connectivity index (χ2n) is 5.17. The van der Waals surface area contributed by atoms with E-state index >= 15 is 0 Å². The molecule has 1 aliphatic rings. The van der Waals surface area contributed by atoms with Crippen LogP contribution in [0.1, 0.15) is 36.5 Å². The Hall–Kier alpha value is -1.35.